The number of benzene rings is 1. The molecule has 0 bridgehead atoms. The maximum atomic E-state index is 11.9. The summed E-state index contributed by atoms with van der Waals surface area (Å²) < 4.78 is 5.33. The van der Waals surface area contributed by atoms with Crippen molar-refractivity contribution in [1.82, 2.24) is 5.32 Å². The standard InChI is InChI=1S/C12H13N3O2/c13-7-9-3-1-2-4-10(9)15-12(16)11-8-14-5-6-17-11/h1-4,11,14H,5-6,8H2,(H,15,16). The average Bonchev–Trinajstić information content (AvgIpc) is 2.40. The van der Waals surface area contributed by atoms with Gasteiger partial charge in [0.2, 0.25) is 0 Å². The normalized spacial score (nSPS) is 19.4. The third-order valence-corrected chi connectivity index (χ3v) is 2.53. The Bertz CT molecular complexity index is 447. The molecule has 0 spiro atoms. The zero-order chi connectivity index (χ0) is 12.1. The lowest BCUT2D eigenvalue weighted by molar-refractivity contribution is -0.128. The van der Waals surface area contributed by atoms with Crippen LogP contribution in [0.5, 0.6) is 0 Å². The summed E-state index contributed by atoms with van der Waals surface area (Å²) in [6.07, 6.45) is -0.490. The molecule has 2 N–H and O–H groups in total. The van der Waals surface area contributed by atoms with Gasteiger partial charge in [0.15, 0.2) is 0 Å². The lowest BCUT2D eigenvalue weighted by Crippen LogP contribution is -2.45. The molecule has 2 rings (SSSR count). The highest BCUT2D eigenvalue weighted by Crippen LogP contribution is 2.14. The first-order valence-electron chi connectivity index (χ1n) is 5.43. The number of carbonyl (C=O) groups is 1. The lowest BCUT2D eigenvalue weighted by atomic mass is 10.2. The minimum atomic E-state index is -0.490. The smallest absolute Gasteiger partial charge is 0.254 e. The summed E-state index contributed by atoms with van der Waals surface area (Å²) >= 11 is 0. The topological polar surface area (TPSA) is 74.2 Å². The molecule has 0 aromatic heterocycles. The predicted molar refractivity (Wildman–Crippen MR) is 62.4 cm³/mol. The fourth-order valence-electron chi connectivity index (χ4n) is 1.64. The van der Waals surface area contributed by atoms with Crippen molar-refractivity contribution in [2.45, 2.75) is 6.10 Å². The van der Waals surface area contributed by atoms with E-state index >= 15 is 0 Å². The minimum Gasteiger partial charge on any atom is -0.366 e. The van der Waals surface area contributed by atoms with E-state index in [0.29, 0.717) is 24.4 Å². The van der Waals surface area contributed by atoms with Crippen LogP contribution < -0.4 is 10.6 Å². The van der Waals surface area contributed by atoms with Crippen LogP contribution >= 0.6 is 0 Å². The third-order valence-electron chi connectivity index (χ3n) is 2.53. The van der Waals surface area contributed by atoms with Crippen LogP contribution in [0.25, 0.3) is 0 Å². The Morgan fingerprint density at radius 1 is 1.53 bits per heavy atom. The van der Waals surface area contributed by atoms with Gasteiger partial charge in [-0.3, -0.25) is 4.79 Å². The molecule has 1 fully saturated rings. The van der Waals surface area contributed by atoms with Crippen LogP contribution in [-0.4, -0.2) is 31.7 Å². The first kappa shape index (κ1) is 11.6. The maximum Gasteiger partial charge on any atom is 0.254 e. The van der Waals surface area contributed by atoms with E-state index in [9.17, 15) is 4.79 Å². The number of nitriles is 1. The second-order valence-electron chi connectivity index (χ2n) is 3.71. The number of morpholine rings is 1. The molecule has 0 radical (unpaired) electrons. The molecule has 5 nitrogen and oxygen atoms in total. The van der Waals surface area contributed by atoms with Gasteiger partial charge in [-0.15, -0.1) is 0 Å². The first-order chi connectivity index (χ1) is 8.31. The Balaban J connectivity index is 2.05. The molecule has 0 aliphatic carbocycles. The maximum absolute atomic E-state index is 11.9. The van der Waals surface area contributed by atoms with Crippen LogP contribution in [0.2, 0.25) is 0 Å². The van der Waals surface area contributed by atoms with E-state index in [0.717, 1.165) is 6.54 Å². The van der Waals surface area contributed by atoms with Gasteiger partial charge >= 0.3 is 0 Å². The van der Waals surface area contributed by atoms with Gasteiger partial charge in [0.05, 0.1) is 17.9 Å². The van der Waals surface area contributed by atoms with E-state index in [-0.39, 0.29) is 5.91 Å². The molecule has 5 heteroatoms. The number of hydrogen-bond donors (Lipinski definition) is 2. The van der Waals surface area contributed by atoms with E-state index in [1.54, 1.807) is 24.3 Å². The Morgan fingerprint density at radius 2 is 2.35 bits per heavy atom. The number of nitrogens with one attached hydrogen (secondary N) is 2. The van der Waals surface area contributed by atoms with Crippen LogP contribution in [-0.2, 0) is 9.53 Å². The fraction of sp³-hybridized carbons (Fsp3) is 0.333. The van der Waals surface area contributed by atoms with Crippen molar-refractivity contribution < 1.29 is 9.53 Å². The van der Waals surface area contributed by atoms with Gasteiger partial charge in [-0.2, -0.15) is 5.26 Å². The van der Waals surface area contributed by atoms with Gasteiger partial charge in [-0.25, -0.2) is 0 Å². The molecule has 1 aliphatic heterocycles. The molecule has 1 unspecified atom stereocenters. The van der Waals surface area contributed by atoms with Crippen molar-refractivity contribution in [2.75, 3.05) is 25.0 Å². The van der Waals surface area contributed by atoms with Crippen molar-refractivity contribution in [2.24, 2.45) is 0 Å². The van der Waals surface area contributed by atoms with Crippen molar-refractivity contribution >= 4 is 11.6 Å². The summed E-state index contributed by atoms with van der Waals surface area (Å²) in [6, 6.07) is 8.93. The van der Waals surface area contributed by atoms with Crippen molar-refractivity contribution in [3.05, 3.63) is 29.8 Å². The number of ether oxygens (including phenoxy) is 1. The number of amides is 1. The van der Waals surface area contributed by atoms with Crippen molar-refractivity contribution in [3.8, 4) is 6.07 Å². The third kappa shape index (κ3) is 2.81. The van der Waals surface area contributed by atoms with E-state index in [4.69, 9.17) is 10.00 Å². The summed E-state index contributed by atoms with van der Waals surface area (Å²) in [7, 11) is 0. The van der Waals surface area contributed by atoms with Gasteiger partial charge in [0, 0.05) is 13.1 Å². The van der Waals surface area contributed by atoms with Crippen LogP contribution in [0.4, 0.5) is 5.69 Å². The highest BCUT2D eigenvalue weighted by Gasteiger charge is 2.22. The van der Waals surface area contributed by atoms with Gasteiger partial charge in [-0.05, 0) is 12.1 Å². The average molecular weight is 231 g/mol. The molecular weight excluding hydrogens is 218 g/mol. The van der Waals surface area contributed by atoms with Gasteiger partial charge in [0.1, 0.15) is 12.2 Å². The van der Waals surface area contributed by atoms with E-state index in [1.807, 2.05) is 6.07 Å². The molecule has 1 saturated heterocycles. The van der Waals surface area contributed by atoms with Gasteiger partial charge < -0.3 is 15.4 Å². The summed E-state index contributed by atoms with van der Waals surface area (Å²) in [5.41, 5.74) is 0.971. The minimum absolute atomic E-state index is 0.222. The molecule has 1 aromatic carbocycles. The molecule has 1 amide bonds. The second kappa shape index (κ2) is 5.43. The number of nitrogens with zero attached hydrogens (tertiary/aromatic N) is 1. The predicted octanol–water partition coefficient (Wildman–Crippen LogP) is 0.485. The fourth-order valence-corrected chi connectivity index (χ4v) is 1.64. The van der Waals surface area contributed by atoms with Crippen molar-refractivity contribution in [3.63, 3.8) is 0 Å². The van der Waals surface area contributed by atoms with E-state index in [1.165, 1.54) is 0 Å². The number of para-hydroxylation sites is 1. The molecule has 1 heterocycles. The second-order valence-corrected chi connectivity index (χ2v) is 3.71. The van der Waals surface area contributed by atoms with Crippen LogP contribution in [0, 0.1) is 11.3 Å². The monoisotopic (exact) mass is 231 g/mol. The summed E-state index contributed by atoms with van der Waals surface area (Å²) in [6.45, 7) is 1.79. The quantitative estimate of drug-likeness (QED) is 0.776. The number of hydrogen-bond acceptors (Lipinski definition) is 4. The zero-order valence-electron chi connectivity index (χ0n) is 9.27. The van der Waals surface area contributed by atoms with Gasteiger partial charge in [0.25, 0.3) is 5.91 Å². The Hall–Kier alpha value is -1.90. The largest absolute Gasteiger partial charge is 0.366 e. The van der Waals surface area contributed by atoms with Crippen LogP contribution in [0.3, 0.4) is 0 Å². The van der Waals surface area contributed by atoms with Crippen LogP contribution in [0.1, 0.15) is 5.56 Å². The number of anilines is 1. The molecule has 1 aromatic rings. The Kier molecular flexibility index (Phi) is 3.70. The summed E-state index contributed by atoms with van der Waals surface area (Å²) in [5, 5.41) is 14.7. The highest BCUT2D eigenvalue weighted by atomic mass is 16.5. The molecule has 1 atom stereocenters. The molecule has 17 heavy (non-hydrogen) atoms. The number of rotatable bonds is 2. The van der Waals surface area contributed by atoms with E-state index < -0.39 is 6.10 Å². The SMILES string of the molecule is N#Cc1ccccc1NC(=O)C1CNCCO1. The van der Waals surface area contributed by atoms with E-state index in [2.05, 4.69) is 10.6 Å². The lowest BCUT2D eigenvalue weighted by Gasteiger charge is -2.22. The van der Waals surface area contributed by atoms with Crippen molar-refractivity contribution in [1.29, 1.82) is 5.26 Å². The molecule has 88 valence electrons. The number of carbonyl (C=O) groups excluding carboxylic acids is 1. The summed E-state index contributed by atoms with van der Waals surface area (Å²) in [5.74, 6) is -0.222. The Morgan fingerprint density at radius 3 is 3.06 bits per heavy atom. The van der Waals surface area contributed by atoms with Crippen LogP contribution in [0.15, 0.2) is 24.3 Å². The molecule has 0 saturated carbocycles. The zero-order valence-corrected chi connectivity index (χ0v) is 9.27. The molecule has 1 aliphatic rings. The Labute approximate surface area is 99.4 Å². The summed E-state index contributed by atoms with van der Waals surface area (Å²) in [4.78, 5) is 11.9. The van der Waals surface area contributed by atoms with Gasteiger partial charge in [-0.1, -0.05) is 12.1 Å². The molecular formula is C12H13N3O2. The highest BCUT2D eigenvalue weighted by molar-refractivity contribution is 5.95. The first-order valence-corrected chi connectivity index (χ1v) is 5.43.